The van der Waals surface area contributed by atoms with Gasteiger partial charge in [0.25, 0.3) is 0 Å². The first-order valence-corrected chi connectivity index (χ1v) is 9.62. The molecule has 3 amide bonds. The number of para-hydroxylation sites is 1. The van der Waals surface area contributed by atoms with E-state index >= 15 is 0 Å². The summed E-state index contributed by atoms with van der Waals surface area (Å²) in [6.45, 7) is 4.39. The SMILES string of the molecule is C=C1C(Cc2ccccc2)C(=O)N(Cc2ccccc2)C(=O)N1c1ccccc1. The second-order valence-corrected chi connectivity index (χ2v) is 7.10. The Bertz CT molecular complexity index is 953. The number of imide groups is 1. The van der Waals surface area contributed by atoms with Gasteiger partial charge in [-0.15, -0.1) is 0 Å². The highest BCUT2D eigenvalue weighted by Crippen LogP contribution is 2.33. The van der Waals surface area contributed by atoms with Crippen LogP contribution in [0.3, 0.4) is 0 Å². The van der Waals surface area contributed by atoms with Crippen LogP contribution in [0.1, 0.15) is 11.1 Å². The van der Waals surface area contributed by atoms with E-state index in [-0.39, 0.29) is 18.5 Å². The van der Waals surface area contributed by atoms with E-state index in [1.54, 1.807) is 4.90 Å². The van der Waals surface area contributed by atoms with E-state index in [9.17, 15) is 9.59 Å². The fourth-order valence-electron chi connectivity index (χ4n) is 3.64. The molecule has 3 aromatic rings. The predicted molar refractivity (Wildman–Crippen MR) is 114 cm³/mol. The first-order valence-electron chi connectivity index (χ1n) is 9.62. The van der Waals surface area contributed by atoms with Crippen LogP contribution in [0.5, 0.6) is 0 Å². The first-order chi connectivity index (χ1) is 14.1. The highest BCUT2D eigenvalue weighted by molar-refractivity contribution is 6.10. The van der Waals surface area contributed by atoms with Crippen molar-refractivity contribution in [3.63, 3.8) is 0 Å². The van der Waals surface area contributed by atoms with Crippen LogP contribution in [-0.4, -0.2) is 16.8 Å². The van der Waals surface area contributed by atoms with Gasteiger partial charge in [0, 0.05) is 5.70 Å². The number of urea groups is 1. The van der Waals surface area contributed by atoms with Gasteiger partial charge >= 0.3 is 6.03 Å². The number of carbonyl (C=O) groups excluding carboxylic acids is 2. The van der Waals surface area contributed by atoms with Crippen molar-refractivity contribution in [2.24, 2.45) is 5.92 Å². The second-order valence-electron chi connectivity index (χ2n) is 7.10. The van der Waals surface area contributed by atoms with Crippen LogP contribution in [0.25, 0.3) is 0 Å². The minimum absolute atomic E-state index is 0.208. The maximum Gasteiger partial charge on any atom is 0.335 e. The molecule has 144 valence electrons. The molecule has 0 radical (unpaired) electrons. The van der Waals surface area contributed by atoms with Crippen molar-refractivity contribution in [1.29, 1.82) is 0 Å². The Labute approximate surface area is 170 Å². The van der Waals surface area contributed by atoms with Crippen molar-refractivity contribution >= 4 is 17.6 Å². The number of rotatable bonds is 5. The summed E-state index contributed by atoms with van der Waals surface area (Å²) >= 11 is 0. The fourth-order valence-corrected chi connectivity index (χ4v) is 3.64. The average Bonchev–Trinajstić information content (AvgIpc) is 2.77. The molecule has 0 aliphatic carbocycles. The third-order valence-electron chi connectivity index (χ3n) is 5.16. The number of nitrogens with zero attached hydrogens (tertiary/aromatic N) is 2. The van der Waals surface area contributed by atoms with Crippen molar-refractivity contribution in [2.45, 2.75) is 13.0 Å². The van der Waals surface area contributed by atoms with Crippen LogP contribution in [0.15, 0.2) is 103 Å². The van der Waals surface area contributed by atoms with Crippen molar-refractivity contribution < 1.29 is 9.59 Å². The summed E-state index contributed by atoms with van der Waals surface area (Å²) in [6.07, 6.45) is 0.500. The molecule has 1 fully saturated rings. The largest absolute Gasteiger partial charge is 0.335 e. The van der Waals surface area contributed by atoms with Crippen LogP contribution in [-0.2, 0) is 17.8 Å². The molecule has 1 heterocycles. The maximum absolute atomic E-state index is 13.3. The number of hydrogen-bond acceptors (Lipinski definition) is 2. The normalized spacial score (nSPS) is 17.0. The number of carbonyl (C=O) groups is 2. The van der Waals surface area contributed by atoms with Gasteiger partial charge in [-0.05, 0) is 29.7 Å². The molecular formula is C25H22N2O2. The van der Waals surface area contributed by atoms with E-state index in [0.717, 1.165) is 11.1 Å². The van der Waals surface area contributed by atoms with E-state index < -0.39 is 5.92 Å². The standard InChI is InChI=1S/C25H22N2O2/c1-19-23(17-20-11-5-2-6-12-20)24(28)26(18-21-13-7-3-8-14-21)25(29)27(19)22-15-9-4-10-16-22/h2-16,23H,1,17-18H2. The molecule has 1 unspecified atom stereocenters. The number of anilines is 1. The highest BCUT2D eigenvalue weighted by atomic mass is 16.2. The molecule has 1 saturated heterocycles. The zero-order chi connectivity index (χ0) is 20.2. The van der Waals surface area contributed by atoms with Crippen LogP contribution in [0.2, 0.25) is 0 Å². The van der Waals surface area contributed by atoms with Crippen LogP contribution >= 0.6 is 0 Å². The predicted octanol–water partition coefficient (Wildman–Crippen LogP) is 5.03. The Morgan fingerprint density at radius 3 is 1.83 bits per heavy atom. The smallest absolute Gasteiger partial charge is 0.274 e. The van der Waals surface area contributed by atoms with E-state index in [4.69, 9.17) is 0 Å². The number of amides is 3. The summed E-state index contributed by atoms with van der Waals surface area (Å²) in [4.78, 5) is 29.6. The summed E-state index contributed by atoms with van der Waals surface area (Å²) in [5, 5.41) is 0. The molecule has 4 nitrogen and oxygen atoms in total. The molecule has 4 heteroatoms. The Hall–Kier alpha value is -3.66. The third kappa shape index (κ3) is 3.83. The van der Waals surface area contributed by atoms with Gasteiger partial charge in [-0.25, -0.2) is 4.79 Å². The van der Waals surface area contributed by atoms with Gasteiger partial charge in [0.15, 0.2) is 0 Å². The second kappa shape index (κ2) is 8.15. The minimum Gasteiger partial charge on any atom is -0.274 e. The first kappa shape index (κ1) is 18.7. The summed E-state index contributed by atoms with van der Waals surface area (Å²) in [5.74, 6) is -0.709. The van der Waals surface area contributed by atoms with Gasteiger partial charge in [-0.3, -0.25) is 14.6 Å². The molecule has 0 aromatic heterocycles. The zero-order valence-corrected chi connectivity index (χ0v) is 16.1. The lowest BCUT2D eigenvalue weighted by molar-refractivity contribution is -0.132. The fraction of sp³-hybridized carbons (Fsp3) is 0.120. The number of hydrogen-bond donors (Lipinski definition) is 0. The summed E-state index contributed by atoms with van der Waals surface area (Å²) < 4.78 is 0. The van der Waals surface area contributed by atoms with Gasteiger partial charge < -0.3 is 0 Å². The lowest BCUT2D eigenvalue weighted by Crippen LogP contribution is -2.55. The molecule has 1 aliphatic heterocycles. The van der Waals surface area contributed by atoms with Gasteiger partial charge in [0.1, 0.15) is 0 Å². The zero-order valence-electron chi connectivity index (χ0n) is 16.1. The van der Waals surface area contributed by atoms with Gasteiger partial charge in [-0.2, -0.15) is 0 Å². The van der Waals surface area contributed by atoms with E-state index in [2.05, 4.69) is 6.58 Å². The summed E-state index contributed by atoms with van der Waals surface area (Å²) in [7, 11) is 0. The van der Waals surface area contributed by atoms with Gasteiger partial charge in [-0.1, -0.05) is 85.4 Å². The Kier molecular flexibility index (Phi) is 5.25. The topological polar surface area (TPSA) is 40.6 Å². The Morgan fingerprint density at radius 1 is 0.724 bits per heavy atom. The highest BCUT2D eigenvalue weighted by Gasteiger charge is 2.42. The van der Waals surface area contributed by atoms with Crippen molar-refractivity contribution in [1.82, 2.24) is 4.90 Å². The van der Waals surface area contributed by atoms with Crippen molar-refractivity contribution in [2.75, 3.05) is 4.90 Å². The molecule has 29 heavy (non-hydrogen) atoms. The molecule has 1 atom stereocenters. The van der Waals surface area contributed by atoms with Crippen LogP contribution < -0.4 is 4.90 Å². The van der Waals surface area contributed by atoms with Crippen LogP contribution in [0.4, 0.5) is 10.5 Å². The lowest BCUT2D eigenvalue weighted by atomic mass is 9.92. The van der Waals surface area contributed by atoms with E-state index in [0.29, 0.717) is 17.8 Å². The third-order valence-corrected chi connectivity index (χ3v) is 5.16. The molecule has 0 bridgehead atoms. The molecule has 0 N–H and O–H groups in total. The Balaban J connectivity index is 1.71. The molecule has 0 saturated carbocycles. The quantitative estimate of drug-likeness (QED) is 0.621. The van der Waals surface area contributed by atoms with E-state index in [1.165, 1.54) is 4.90 Å². The van der Waals surface area contributed by atoms with Gasteiger partial charge in [0.05, 0.1) is 18.2 Å². The molecule has 3 aromatic carbocycles. The number of benzene rings is 3. The van der Waals surface area contributed by atoms with Crippen molar-refractivity contribution in [3.05, 3.63) is 114 Å². The van der Waals surface area contributed by atoms with Crippen molar-refractivity contribution in [3.8, 4) is 0 Å². The maximum atomic E-state index is 13.3. The molecule has 4 rings (SSSR count). The molecule has 1 aliphatic rings. The molecular weight excluding hydrogens is 360 g/mol. The van der Waals surface area contributed by atoms with Crippen LogP contribution in [0, 0.1) is 5.92 Å². The molecule has 0 spiro atoms. The Morgan fingerprint density at radius 2 is 1.24 bits per heavy atom. The minimum atomic E-state index is -0.501. The lowest BCUT2D eigenvalue weighted by Gasteiger charge is -2.40. The summed E-state index contributed by atoms with van der Waals surface area (Å²) in [5.41, 5.74) is 3.17. The monoisotopic (exact) mass is 382 g/mol. The average molecular weight is 382 g/mol. The van der Waals surface area contributed by atoms with Gasteiger partial charge in [0.2, 0.25) is 5.91 Å². The summed E-state index contributed by atoms with van der Waals surface area (Å²) in [6, 6.07) is 28.4. The van der Waals surface area contributed by atoms with E-state index in [1.807, 2.05) is 91.0 Å².